The van der Waals surface area contributed by atoms with Crippen LogP contribution in [0.1, 0.15) is 11.1 Å². The molecule has 0 saturated heterocycles. The second kappa shape index (κ2) is 4.93. The number of hydrogen-bond donors (Lipinski definition) is 1. The smallest absolute Gasteiger partial charge is 0.132 e. The quantitative estimate of drug-likeness (QED) is 0.800. The van der Waals surface area contributed by atoms with Crippen LogP contribution in [0.5, 0.6) is 5.75 Å². The Hall–Kier alpha value is -1.13. The Labute approximate surface area is 82.1 Å². The lowest BCUT2D eigenvalue weighted by molar-refractivity contribution is 0.181. The summed E-state index contributed by atoms with van der Waals surface area (Å²) in [7, 11) is 3.01. The standard InChI is InChI=1S/C10H13FO3/c1-13-6-8-3-7(5-12)9(11)4-10(8)14-2/h3-4,12H,5-6H2,1-2H3. The Bertz CT molecular complexity index is 312. The molecule has 1 N–H and O–H groups in total. The average Bonchev–Trinajstić information content (AvgIpc) is 2.20. The third-order valence-corrected chi connectivity index (χ3v) is 1.92. The molecule has 0 heterocycles. The molecule has 1 aromatic carbocycles. The minimum Gasteiger partial charge on any atom is -0.496 e. The Morgan fingerprint density at radius 2 is 2.00 bits per heavy atom. The first-order valence-corrected chi connectivity index (χ1v) is 4.18. The van der Waals surface area contributed by atoms with Crippen LogP contribution in [0.4, 0.5) is 4.39 Å². The van der Waals surface area contributed by atoms with Crippen molar-refractivity contribution >= 4 is 0 Å². The molecular formula is C10H13FO3. The molecule has 0 aliphatic heterocycles. The molecule has 78 valence electrons. The van der Waals surface area contributed by atoms with Gasteiger partial charge in [-0.15, -0.1) is 0 Å². The van der Waals surface area contributed by atoms with Gasteiger partial charge in [0.1, 0.15) is 11.6 Å². The number of ether oxygens (including phenoxy) is 2. The van der Waals surface area contributed by atoms with E-state index in [0.29, 0.717) is 12.4 Å². The molecule has 0 spiro atoms. The summed E-state index contributed by atoms with van der Waals surface area (Å²) >= 11 is 0. The highest BCUT2D eigenvalue weighted by Gasteiger charge is 2.09. The first kappa shape index (κ1) is 10.9. The van der Waals surface area contributed by atoms with Crippen molar-refractivity contribution < 1.29 is 19.0 Å². The molecule has 0 atom stereocenters. The molecule has 1 rings (SSSR count). The van der Waals surface area contributed by atoms with E-state index in [4.69, 9.17) is 14.6 Å². The molecule has 4 heteroatoms. The summed E-state index contributed by atoms with van der Waals surface area (Å²) in [5.74, 6) is -0.0363. The Morgan fingerprint density at radius 3 is 2.50 bits per heavy atom. The van der Waals surface area contributed by atoms with Crippen LogP contribution >= 0.6 is 0 Å². The van der Waals surface area contributed by atoms with Crippen molar-refractivity contribution in [2.45, 2.75) is 13.2 Å². The molecule has 1 aromatic rings. The highest BCUT2D eigenvalue weighted by atomic mass is 19.1. The first-order chi connectivity index (χ1) is 6.72. The minimum atomic E-state index is -0.468. The van der Waals surface area contributed by atoms with Crippen molar-refractivity contribution in [2.24, 2.45) is 0 Å². The number of hydrogen-bond acceptors (Lipinski definition) is 3. The molecule has 0 bridgehead atoms. The summed E-state index contributed by atoms with van der Waals surface area (Å²) in [6, 6.07) is 2.79. The molecule has 14 heavy (non-hydrogen) atoms. The number of aliphatic hydroxyl groups is 1. The summed E-state index contributed by atoms with van der Waals surface area (Å²) in [6.45, 7) is 0.00297. The molecule has 0 aliphatic carbocycles. The van der Waals surface area contributed by atoms with E-state index in [1.165, 1.54) is 19.2 Å². The first-order valence-electron chi connectivity index (χ1n) is 4.18. The topological polar surface area (TPSA) is 38.7 Å². The van der Waals surface area contributed by atoms with E-state index in [-0.39, 0.29) is 12.2 Å². The van der Waals surface area contributed by atoms with Crippen molar-refractivity contribution in [1.82, 2.24) is 0 Å². The lowest BCUT2D eigenvalue weighted by Crippen LogP contribution is -1.99. The van der Waals surface area contributed by atoms with E-state index in [1.54, 1.807) is 7.11 Å². The van der Waals surface area contributed by atoms with Gasteiger partial charge in [-0.05, 0) is 6.07 Å². The van der Waals surface area contributed by atoms with Gasteiger partial charge in [0.25, 0.3) is 0 Å². The second-order valence-electron chi connectivity index (χ2n) is 2.85. The summed E-state index contributed by atoms with van der Waals surface area (Å²) in [5, 5.41) is 8.85. The van der Waals surface area contributed by atoms with Crippen LogP contribution in [0, 0.1) is 5.82 Å². The molecular weight excluding hydrogens is 187 g/mol. The average molecular weight is 200 g/mol. The summed E-state index contributed by atoms with van der Waals surface area (Å²) < 4.78 is 23.1. The number of rotatable bonds is 4. The Morgan fingerprint density at radius 1 is 1.29 bits per heavy atom. The van der Waals surface area contributed by atoms with E-state index < -0.39 is 5.82 Å². The third-order valence-electron chi connectivity index (χ3n) is 1.92. The fourth-order valence-corrected chi connectivity index (χ4v) is 1.23. The maximum Gasteiger partial charge on any atom is 0.132 e. The van der Waals surface area contributed by atoms with Gasteiger partial charge in [0.2, 0.25) is 0 Å². The van der Waals surface area contributed by atoms with Crippen LogP contribution in [-0.2, 0) is 18.0 Å². The van der Waals surface area contributed by atoms with Crippen LogP contribution in [0.2, 0.25) is 0 Å². The molecule has 0 aliphatic rings. The lowest BCUT2D eigenvalue weighted by atomic mass is 10.1. The Balaban J connectivity index is 3.11. The van der Waals surface area contributed by atoms with E-state index in [1.807, 2.05) is 0 Å². The van der Waals surface area contributed by atoms with E-state index in [2.05, 4.69) is 0 Å². The fraction of sp³-hybridized carbons (Fsp3) is 0.400. The van der Waals surface area contributed by atoms with Gasteiger partial charge in [0, 0.05) is 24.3 Å². The number of halogens is 1. The SMILES string of the molecule is COCc1cc(CO)c(F)cc1OC. The van der Waals surface area contributed by atoms with Crippen LogP contribution in [0.15, 0.2) is 12.1 Å². The molecule has 0 amide bonds. The molecule has 3 nitrogen and oxygen atoms in total. The fourth-order valence-electron chi connectivity index (χ4n) is 1.23. The highest BCUT2D eigenvalue weighted by molar-refractivity contribution is 5.37. The molecule has 0 fully saturated rings. The summed E-state index contributed by atoms with van der Waals surface area (Å²) in [4.78, 5) is 0. The van der Waals surface area contributed by atoms with E-state index in [0.717, 1.165) is 5.56 Å². The minimum absolute atomic E-state index is 0.248. The van der Waals surface area contributed by atoms with Gasteiger partial charge in [-0.3, -0.25) is 0 Å². The summed E-state index contributed by atoms with van der Waals surface area (Å²) in [5.41, 5.74) is 0.971. The van der Waals surface area contributed by atoms with Crippen molar-refractivity contribution in [1.29, 1.82) is 0 Å². The Kier molecular flexibility index (Phi) is 3.85. The number of methoxy groups -OCH3 is 2. The van der Waals surface area contributed by atoms with Gasteiger partial charge >= 0.3 is 0 Å². The van der Waals surface area contributed by atoms with E-state index in [9.17, 15) is 4.39 Å². The maximum absolute atomic E-state index is 13.2. The van der Waals surface area contributed by atoms with Gasteiger partial charge in [0.05, 0.1) is 20.3 Å². The largest absolute Gasteiger partial charge is 0.496 e. The van der Waals surface area contributed by atoms with Crippen molar-refractivity contribution in [3.63, 3.8) is 0 Å². The number of aliphatic hydroxyl groups excluding tert-OH is 1. The predicted octanol–water partition coefficient (Wildman–Crippen LogP) is 1.47. The lowest BCUT2D eigenvalue weighted by Gasteiger charge is -2.10. The molecule has 0 unspecified atom stereocenters. The monoisotopic (exact) mass is 200 g/mol. The van der Waals surface area contributed by atoms with Crippen molar-refractivity contribution in [2.75, 3.05) is 14.2 Å². The van der Waals surface area contributed by atoms with Gasteiger partial charge < -0.3 is 14.6 Å². The third kappa shape index (κ3) is 2.21. The van der Waals surface area contributed by atoms with Gasteiger partial charge in [-0.2, -0.15) is 0 Å². The maximum atomic E-state index is 13.2. The van der Waals surface area contributed by atoms with Crippen LogP contribution in [0.25, 0.3) is 0 Å². The van der Waals surface area contributed by atoms with Crippen LogP contribution < -0.4 is 4.74 Å². The van der Waals surface area contributed by atoms with Crippen LogP contribution in [0.3, 0.4) is 0 Å². The van der Waals surface area contributed by atoms with Gasteiger partial charge in [-0.25, -0.2) is 4.39 Å². The zero-order chi connectivity index (χ0) is 10.6. The zero-order valence-corrected chi connectivity index (χ0v) is 8.21. The van der Waals surface area contributed by atoms with Gasteiger partial charge in [-0.1, -0.05) is 0 Å². The molecule has 0 aromatic heterocycles. The predicted molar refractivity (Wildman–Crippen MR) is 49.6 cm³/mol. The highest BCUT2D eigenvalue weighted by Crippen LogP contribution is 2.23. The van der Waals surface area contributed by atoms with Crippen molar-refractivity contribution in [3.05, 3.63) is 29.1 Å². The summed E-state index contributed by atoms with van der Waals surface area (Å²) in [6.07, 6.45) is 0. The second-order valence-corrected chi connectivity index (χ2v) is 2.85. The molecule has 0 radical (unpaired) electrons. The molecule has 0 saturated carbocycles. The van der Waals surface area contributed by atoms with Crippen LogP contribution in [-0.4, -0.2) is 19.3 Å². The van der Waals surface area contributed by atoms with Crippen molar-refractivity contribution in [3.8, 4) is 5.75 Å². The number of benzene rings is 1. The normalized spacial score (nSPS) is 10.3. The van der Waals surface area contributed by atoms with Gasteiger partial charge in [0.15, 0.2) is 0 Å². The van der Waals surface area contributed by atoms with E-state index >= 15 is 0 Å². The zero-order valence-electron chi connectivity index (χ0n) is 8.21.